The molecule has 0 spiro atoms. The Hall–Kier alpha value is -3.65. The molecule has 2 amide bonds. The third-order valence-electron chi connectivity index (χ3n) is 4.85. The van der Waals surface area contributed by atoms with Crippen molar-refractivity contribution >= 4 is 34.4 Å². The number of amides is 2. The molecule has 0 atom stereocenters. The first kappa shape index (κ1) is 24.0. The van der Waals surface area contributed by atoms with Gasteiger partial charge in [0.05, 0.1) is 19.9 Å². The summed E-state index contributed by atoms with van der Waals surface area (Å²) in [6.07, 6.45) is 4.90. The molecule has 0 fully saturated rings. The molecule has 3 rings (SSSR count). The smallest absolute Gasteiger partial charge is 0.250 e. The van der Waals surface area contributed by atoms with Gasteiger partial charge in [0.15, 0.2) is 5.13 Å². The van der Waals surface area contributed by atoms with E-state index in [0.29, 0.717) is 23.2 Å². The van der Waals surface area contributed by atoms with Crippen LogP contribution in [0.15, 0.2) is 53.9 Å². The number of hydrogen-bond donors (Lipinski definition) is 2. The molecule has 7 nitrogen and oxygen atoms in total. The lowest BCUT2D eigenvalue weighted by Crippen LogP contribution is -2.21. The second-order valence-corrected chi connectivity index (χ2v) is 8.11. The zero-order valence-corrected chi connectivity index (χ0v) is 19.7. The summed E-state index contributed by atoms with van der Waals surface area (Å²) in [6.45, 7) is 2.19. The van der Waals surface area contributed by atoms with E-state index in [9.17, 15) is 9.59 Å². The molecule has 1 aromatic heterocycles. The molecule has 33 heavy (non-hydrogen) atoms. The molecule has 1 heterocycles. The van der Waals surface area contributed by atoms with Crippen molar-refractivity contribution in [3.05, 3.63) is 65.0 Å². The van der Waals surface area contributed by atoms with E-state index in [1.165, 1.54) is 29.9 Å². The van der Waals surface area contributed by atoms with E-state index in [2.05, 4.69) is 27.8 Å². The lowest BCUT2D eigenvalue weighted by atomic mass is 10.1. The highest BCUT2D eigenvalue weighted by molar-refractivity contribution is 7.14. The van der Waals surface area contributed by atoms with Gasteiger partial charge in [-0.2, -0.15) is 0 Å². The summed E-state index contributed by atoms with van der Waals surface area (Å²) in [5, 5.41) is 8.04. The number of benzene rings is 2. The molecular weight excluding hydrogens is 438 g/mol. The largest absolute Gasteiger partial charge is 0.497 e. The van der Waals surface area contributed by atoms with Gasteiger partial charge in [-0.3, -0.25) is 14.9 Å². The Labute approximate surface area is 197 Å². The maximum absolute atomic E-state index is 12.4. The average Bonchev–Trinajstić information content (AvgIpc) is 3.28. The van der Waals surface area contributed by atoms with Crippen molar-refractivity contribution in [3.63, 3.8) is 0 Å². The number of carbonyl (C=O) groups excluding carboxylic acids is 2. The van der Waals surface area contributed by atoms with Crippen LogP contribution in [0, 0.1) is 0 Å². The van der Waals surface area contributed by atoms with Crippen LogP contribution in [0.2, 0.25) is 0 Å². The first-order chi connectivity index (χ1) is 16.0. The maximum atomic E-state index is 12.4. The molecule has 0 saturated carbocycles. The number of nitrogens with one attached hydrogen (secondary N) is 2. The number of aryl methyl sites for hydroxylation is 1. The van der Waals surface area contributed by atoms with Crippen LogP contribution in [0.4, 0.5) is 5.13 Å². The van der Waals surface area contributed by atoms with Gasteiger partial charge in [-0.25, -0.2) is 4.98 Å². The van der Waals surface area contributed by atoms with E-state index in [1.54, 1.807) is 38.5 Å². The van der Waals surface area contributed by atoms with Crippen LogP contribution in [-0.4, -0.2) is 37.6 Å². The zero-order chi connectivity index (χ0) is 23.6. The number of ether oxygens (including phenoxy) is 2. The van der Waals surface area contributed by atoms with Crippen molar-refractivity contribution in [2.45, 2.75) is 19.8 Å². The SMILES string of the molecule is COc1ccc(OC)c(/C=C/C(=O)Nc2nc(-c3ccc(CCCNC(C)=O)cc3)cs2)c1. The Morgan fingerprint density at radius 3 is 2.58 bits per heavy atom. The summed E-state index contributed by atoms with van der Waals surface area (Å²) in [6, 6.07) is 13.5. The number of hydrogen-bond acceptors (Lipinski definition) is 6. The van der Waals surface area contributed by atoms with Gasteiger partial charge in [-0.15, -0.1) is 11.3 Å². The Kier molecular flexibility index (Phi) is 8.60. The number of aromatic nitrogens is 1. The normalized spacial score (nSPS) is 10.8. The Bertz CT molecular complexity index is 1120. The van der Waals surface area contributed by atoms with Crippen molar-refractivity contribution in [2.75, 3.05) is 26.1 Å². The highest BCUT2D eigenvalue weighted by Gasteiger charge is 2.08. The number of carbonyl (C=O) groups is 2. The van der Waals surface area contributed by atoms with Gasteiger partial charge in [0, 0.05) is 36.1 Å². The lowest BCUT2D eigenvalue weighted by molar-refractivity contribution is -0.119. The van der Waals surface area contributed by atoms with Crippen LogP contribution in [0.1, 0.15) is 24.5 Å². The van der Waals surface area contributed by atoms with Gasteiger partial charge < -0.3 is 14.8 Å². The molecule has 0 bridgehead atoms. The van der Waals surface area contributed by atoms with Crippen LogP contribution in [0.5, 0.6) is 11.5 Å². The van der Waals surface area contributed by atoms with Gasteiger partial charge in [0.25, 0.3) is 0 Å². The first-order valence-corrected chi connectivity index (χ1v) is 11.4. The minimum atomic E-state index is -0.282. The van der Waals surface area contributed by atoms with Crippen molar-refractivity contribution in [1.29, 1.82) is 0 Å². The van der Waals surface area contributed by atoms with E-state index in [-0.39, 0.29) is 11.8 Å². The van der Waals surface area contributed by atoms with Crippen molar-refractivity contribution < 1.29 is 19.1 Å². The fourth-order valence-electron chi connectivity index (χ4n) is 3.15. The summed E-state index contributed by atoms with van der Waals surface area (Å²) in [5.74, 6) is 1.04. The summed E-state index contributed by atoms with van der Waals surface area (Å²) in [5.41, 5.74) is 3.72. The lowest BCUT2D eigenvalue weighted by Gasteiger charge is -2.07. The van der Waals surface area contributed by atoms with E-state index >= 15 is 0 Å². The molecule has 0 aliphatic heterocycles. The van der Waals surface area contributed by atoms with Gasteiger partial charge in [0.1, 0.15) is 11.5 Å². The van der Waals surface area contributed by atoms with Gasteiger partial charge in [-0.05, 0) is 42.7 Å². The summed E-state index contributed by atoms with van der Waals surface area (Å²) in [4.78, 5) is 27.8. The number of nitrogens with zero attached hydrogens (tertiary/aromatic N) is 1. The minimum absolute atomic E-state index is 0.00714. The number of anilines is 1. The Morgan fingerprint density at radius 1 is 1.09 bits per heavy atom. The van der Waals surface area contributed by atoms with E-state index in [0.717, 1.165) is 29.7 Å². The van der Waals surface area contributed by atoms with Crippen LogP contribution in [0.3, 0.4) is 0 Å². The molecule has 0 radical (unpaired) electrons. The summed E-state index contributed by atoms with van der Waals surface area (Å²) >= 11 is 1.37. The molecule has 2 N–H and O–H groups in total. The first-order valence-electron chi connectivity index (χ1n) is 10.5. The molecule has 8 heteroatoms. The monoisotopic (exact) mass is 465 g/mol. The quantitative estimate of drug-likeness (QED) is 0.339. The Balaban J connectivity index is 1.58. The van der Waals surface area contributed by atoms with E-state index < -0.39 is 0 Å². The van der Waals surface area contributed by atoms with Crippen LogP contribution in [-0.2, 0) is 16.0 Å². The van der Waals surface area contributed by atoms with Gasteiger partial charge in [0.2, 0.25) is 11.8 Å². The predicted molar refractivity (Wildman–Crippen MR) is 132 cm³/mol. The van der Waals surface area contributed by atoms with Crippen molar-refractivity contribution in [2.24, 2.45) is 0 Å². The highest BCUT2D eigenvalue weighted by atomic mass is 32.1. The van der Waals surface area contributed by atoms with E-state index in [4.69, 9.17) is 9.47 Å². The highest BCUT2D eigenvalue weighted by Crippen LogP contribution is 2.27. The van der Waals surface area contributed by atoms with Gasteiger partial charge >= 0.3 is 0 Å². The van der Waals surface area contributed by atoms with Gasteiger partial charge in [-0.1, -0.05) is 24.3 Å². The minimum Gasteiger partial charge on any atom is -0.497 e. The summed E-state index contributed by atoms with van der Waals surface area (Å²) < 4.78 is 10.6. The molecule has 172 valence electrons. The fraction of sp³-hybridized carbons (Fsp3) is 0.240. The number of thiazole rings is 1. The van der Waals surface area contributed by atoms with Crippen molar-refractivity contribution in [1.82, 2.24) is 10.3 Å². The molecule has 2 aromatic carbocycles. The second-order valence-electron chi connectivity index (χ2n) is 7.25. The number of rotatable bonds is 10. The molecule has 0 aliphatic carbocycles. The number of methoxy groups -OCH3 is 2. The molecular formula is C25H27N3O4S. The predicted octanol–water partition coefficient (Wildman–Crippen LogP) is 4.55. The molecule has 0 unspecified atom stereocenters. The standard InChI is InChI=1S/C25H27N3O4S/c1-17(29)26-14-4-5-18-6-8-19(9-7-18)22-16-33-25(27-22)28-24(30)13-10-20-15-21(31-2)11-12-23(20)32-3/h6-13,15-16H,4-5,14H2,1-3H3,(H,26,29)(H,27,28,30)/b13-10+. The maximum Gasteiger partial charge on any atom is 0.250 e. The Morgan fingerprint density at radius 2 is 1.88 bits per heavy atom. The topological polar surface area (TPSA) is 89.6 Å². The average molecular weight is 466 g/mol. The molecule has 0 saturated heterocycles. The summed E-state index contributed by atoms with van der Waals surface area (Å²) in [7, 11) is 3.17. The zero-order valence-electron chi connectivity index (χ0n) is 18.9. The third-order valence-corrected chi connectivity index (χ3v) is 5.61. The van der Waals surface area contributed by atoms with Crippen LogP contribution in [0.25, 0.3) is 17.3 Å². The van der Waals surface area contributed by atoms with Crippen LogP contribution < -0.4 is 20.1 Å². The molecule has 3 aromatic rings. The van der Waals surface area contributed by atoms with Crippen LogP contribution >= 0.6 is 11.3 Å². The third kappa shape index (κ3) is 7.18. The second kappa shape index (κ2) is 11.8. The van der Waals surface area contributed by atoms with E-state index in [1.807, 2.05) is 17.5 Å². The van der Waals surface area contributed by atoms with Crippen molar-refractivity contribution in [3.8, 4) is 22.8 Å². The fourth-order valence-corrected chi connectivity index (χ4v) is 3.87. The molecule has 0 aliphatic rings.